The number of unbranched alkanes of at least 4 members (excludes halogenated alkanes) is 1. The minimum atomic E-state index is -4.29. The van der Waals surface area contributed by atoms with E-state index in [1.165, 1.54) is 4.90 Å². The number of hydrogen-bond donors (Lipinski definition) is 1. The Morgan fingerprint density at radius 1 is 0.951 bits per heavy atom. The first kappa shape index (κ1) is 31.6. The molecule has 0 aliphatic carbocycles. The van der Waals surface area contributed by atoms with Crippen molar-refractivity contribution in [2.45, 2.75) is 58.0 Å². The Morgan fingerprint density at radius 2 is 1.59 bits per heavy atom. The van der Waals surface area contributed by atoms with E-state index in [4.69, 9.17) is 4.74 Å². The van der Waals surface area contributed by atoms with Gasteiger partial charge in [0.05, 0.1) is 17.2 Å². The van der Waals surface area contributed by atoms with Crippen molar-refractivity contribution in [3.8, 4) is 5.75 Å². The average Bonchev–Trinajstić information content (AvgIpc) is 2.96. The number of carbonyl (C=O) groups is 2. The molecule has 0 aliphatic heterocycles. The zero-order chi connectivity index (χ0) is 30.0. The third-order valence-corrected chi connectivity index (χ3v) is 8.37. The highest BCUT2D eigenvalue weighted by molar-refractivity contribution is 7.92. The fourth-order valence-electron chi connectivity index (χ4n) is 4.15. The lowest BCUT2D eigenvalue weighted by Crippen LogP contribution is -2.51. The van der Waals surface area contributed by atoms with Gasteiger partial charge in [0.25, 0.3) is 10.0 Å². The van der Waals surface area contributed by atoms with E-state index in [1.807, 2.05) is 45.0 Å². The highest BCUT2D eigenvalue weighted by atomic mass is 32.2. The second-order valence-corrected chi connectivity index (χ2v) is 11.6. The fourth-order valence-corrected chi connectivity index (χ4v) is 5.56. The van der Waals surface area contributed by atoms with Crippen molar-refractivity contribution in [2.75, 3.05) is 24.0 Å². The number of nitrogens with one attached hydrogen (secondary N) is 1. The summed E-state index contributed by atoms with van der Waals surface area (Å²) in [6, 6.07) is 17.4. The zero-order valence-electron chi connectivity index (χ0n) is 24.0. The number of anilines is 1. The zero-order valence-corrected chi connectivity index (χ0v) is 24.8. The van der Waals surface area contributed by atoms with Gasteiger partial charge >= 0.3 is 0 Å². The van der Waals surface area contributed by atoms with Crippen LogP contribution >= 0.6 is 0 Å². The molecule has 0 saturated carbocycles. The Balaban J connectivity index is 2.00. The second kappa shape index (κ2) is 14.6. The van der Waals surface area contributed by atoms with Crippen molar-refractivity contribution in [1.29, 1.82) is 0 Å². The van der Waals surface area contributed by atoms with E-state index in [-0.39, 0.29) is 23.0 Å². The van der Waals surface area contributed by atoms with Crippen molar-refractivity contribution < 1.29 is 27.1 Å². The Kier molecular flexibility index (Phi) is 11.3. The van der Waals surface area contributed by atoms with Crippen LogP contribution in [0, 0.1) is 12.7 Å². The van der Waals surface area contributed by atoms with E-state index in [9.17, 15) is 22.4 Å². The summed E-state index contributed by atoms with van der Waals surface area (Å²) in [5, 5.41) is 2.86. The lowest BCUT2D eigenvalue weighted by Gasteiger charge is -2.32. The summed E-state index contributed by atoms with van der Waals surface area (Å²) >= 11 is 0. The molecule has 8 nitrogen and oxygen atoms in total. The molecule has 1 N–H and O–H groups in total. The van der Waals surface area contributed by atoms with Gasteiger partial charge in [0.1, 0.15) is 24.2 Å². The van der Waals surface area contributed by atoms with Crippen LogP contribution in [0.1, 0.15) is 44.7 Å². The molecule has 1 atom stereocenters. The van der Waals surface area contributed by atoms with E-state index < -0.39 is 34.3 Å². The molecule has 0 unspecified atom stereocenters. The average molecular weight is 584 g/mol. The molecule has 220 valence electrons. The molecule has 0 aromatic heterocycles. The Bertz CT molecular complexity index is 1400. The van der Waals surface area contributed by atoms with Crippen molar-refractivity contribution in [1.82, 2.24) is 10.2 Å². The van der Waals surface area contributed by atoms with E-state index in [1.54, 1.807) is 31.2 Å². The van der Waals surface area contributed by atoms with E-state index in [0.717, 1.165) is 52.5 Å². The molecule has 10 heteroatoms. The first-order valence-electron chi connectivity index (χ1n) is 13.7. The molecule has 0 spiro atoms. The molecular formula is C31H38FN3O5S. The Labute approximate surface area is 242 Å². The summed E-state index contributed by atoms with van der Waals surface area (Å²) < 4.78 is 47.7. The molecule has 3 rings (SSSR count). The number of carbonyl (C=O) groups excluding carboxylic acids is 2. The van der Waals surface area contributed by atoms with E-state index in [2.05, 4.69) is 5.32 Å². The van der Waals surface area contributed by atoms with Gasteiger partial charge in [-0.05, 0) is 81.3 Å². The predicted molar refractivity (Wildman–Crippen MR) is 158 cm³/mol. The maximum Gasteiger partial charge on any atom is 0.264 e. The number of benzene rings is 3. The van der Waals surface area contributed by atoms with Crippen LogP contribution < -0.4 is 14.4 Å². The fraction of sp³-hybridized carbons (Fsp3) is 0.355. The van der Waals surface area contributed by atoms with Crippen molar-refractivity contribution >= 4 is 27.5 Å². The van der Waals surface area contributed by atoms with Crippen LogP contribution in [-0.4, -0.2) is 50.9 Å². The van der Waals surface area contributed by atoms with Crippen LogP contribution in [0.3, 0.4) is 0 Å². The SMILES string of the molecule is CCCCNC(=O)[C@@H](C)N(Cc1ccc(C)cc1)C(=O)CN(c1ccc(OCC)cc1)S(=O)(=O)c1ccc(F)cc1. The lowest BCUT2D eigenvalue weighted by atomic mass is 10.1. The van der Waals surface area contributed by atoms with Gasteiger partial charge in [-0.3, -0.25) is 13.9 Å². The van der Waals surface area contributed by atoms with Crippen LogP contribution in [-0.2, 0) is 26.2 Å². The van der Waals surface area contributed by atoms with Crippen LogP contribution in [0.15, 0.2) is 77.7 Å². The minimum absolute atomic E-state index is 0.106. The number of sulfonamides is 1. The molecule has 0 aliphatic rings. The van der Waals surface area contributed by atoms with Crippen LogP contribution in [0.2, 0.25) is 0 Å². The number of amides is 2. The molecule has 0 heterocycles. The molecule has 2 amide bonds. The first-order valence-corrected chi connectivity index (χ1v) is 15.1. The van der Waals surface area contributed by atoms with Gasteiger partial charge in [-0.15, -0.1) is 0 Å². The predicted octanol–water partition coefficient (Wildman–Crippen LogP) is 5.06. The second-order valence-electron chi connectivity index (χ2n) is 9.72. The van der Waals surface area contributed by atoms with Gasteiger partial charge in [0.15, 0.2) is 0 Å². The summed E-state index contributed by atoms with van der Waals surface area (Å²) in [5.41, 5.74) is 2.07. The summed E-state index contributed by atoms with van der Waals surface area (Å²) in [6.45, 7) is 7.86. The maximum atomic E-state index is 13.9. The van der Waals surface area contributed by atoms with Gasteiger partial charge < -0.3 is 15.0 Å². The van der Waals surface area contributed by atoms with Crippen LogP contribution in [0.4, 0.5) is 10.1 Å². The largest absolute Gasteiger partial charge is 0.494 e. The quantitative estimate of drug-likeness (QED) is 0.268. The number of hydrogen-bond acceptors (Lipinski definition) is 5. The molecule has 0 bridgehead atoms. The minimum Gasteiger partial charge on any atom is -0.494 e. The summed E-state index contributed by atoms with van der Waals surface area (Å²) in [6.07, 6.45) is 1.70. The van der Waals surface area contributed by atoms with Gasteiger partial charge in [-0.1, -0.05) is 43.2 Å². The molecule has 3 aromatic carbocycles. The molecule has 0 radical (unpaired) electrons. The highest BCUT2D eigenvalue weighted by Crippen LogP contribution is 2.27. The molecular weight excluding hydrogens is 545 g/mol. The molecule has 41 heavy (non-hydrogen) atoms. The third kappa shape index (κ3) is 8.53. The Hall–Kier alpha value is -3.92. The summed E-state index contributed by atoms with van der Waals surface area (Å²) in [7, 11) is -4.29. The molecule has 0 fully saturated rings. The van der Waals surface area contributed by atoms with Crippen molar-refractivity contribution in [3.05, 3.63) is 89.7 Å². The van der Waals surface area contributed by atoms with Crippen LogP contribution in [0.5, 0.6) is 5.75 Å². The number of halogens is 1. The standard InChI is InChI=1S/C31H38FN3O5S/c1-5-7-20-33-31(37)24(4)34(21-25-10-8-23(3)9-11-25)30(36)22-35(27-14-16-28(17-15-27)40-6-2)41(38,39)29-18-12-26(32)13-19-29/h8-19,24H,5-7,20-22H2,1-4H3,(H,33,37)/t24-/m1/s1. The maximum absolute atomic E-state index is 13.9. The van der Waals surface area contributed by atoms with Gasteiger partial charge in [-0.2, -0.15) is 0 Å². The molecule has 3 aromatic rings. The van der Waals surface area contributed by atoms with Crippen molar-refractivity contribution in [3.63, 3.8) is 0 Å². The van der Waals surface area contributed by atoms with E-state index >= 15 is 0 Å². The topological polar surface area (TPSA) is 96.0 Å². The van der Waals surface area contributed by atoms with Crippen molar-refractivity contribution in [2.24, 2.45) is 0 Å². The summed E-state index contributed by atoms with van der Waals surface area (Å²) in [5.74, 6) is -0.934. The molecule has 0 saturated heterocycles. The summed E-state index contributed by atoms with van der Waals surface area (Å²) in [4.78, 5) is 28.2. The monoisotopic (exact) mass is 583 g/mol. The lowest BCUT2D eigenvalue weighted by molar-refractivity contribution is -0.139. The van der Waals surface area contributed by atoms with Crippen LogP contribution in [0.25, 0.3) is 0 Å². The highest BCUT2D eigenvalue weighted by Gasteiger charge is 2.32. The van der Waals surface area contributed by atoms with Gasteiger partial charge in [0.2, 0.25) is 11.8 Å². The Morgan fingerprint density at radius 3 is 2.17 bits per heavy atom. The number of nitrogens with zero attached hydrogens (tertiary/aromatic N) is 2. The third-order valence-electron chi connectivity index (χ3n) is 6.59. The number of rotatable bonds is 14. The number of ether oxygens (including phenoxy) is 1. The van der Waals surface area contributed by atoms with Gasteiger partial charge in [0, 0.05) is 13.1 Å². The smallest absolute Gasteiger partial charge is 0.264 e. The van der Waals surface area contributed by atoms with E-state index in [0.29, 0.717) is 18.9 Å². The first-order chi connectivity index (χ1) is 19.6. The number of aryl methyl sites for hydroxylation is 1. The normalized spacial score (nSPS) is 11.9. The van der Waals surface area contributed by atoms with Gasteiger partial charge in [-0.25, -0.2) is 12.8 Å².